The van der Waals surface area contributed by atoms with Crippen LogP contribution in [0, 0.1) is 0 Å². The van der Waals surface area contributed by atoms with E-state index in [0.29, 0.717) is 12.2 Å². The van der Waals surface area contributed by atoms with Crippen LogP contribution in [0.15, 0.2) is 36.7 Å². The third kappa shape index (κ3) is 3.34. The van der Waals surface area contributed by atoms with Crippen molar-refractivity contribution in [1.29, 1.82) is 0 Å². The quantitative estimate of drug-likeness (QED) is 0.918. The summed E-state index contributed by atoms with van der Waals surface area (Å²) in [5.41, 5.74) is 1.34. The number of hydrogen-bond acceptors (Lipinski definition) is 5. The third-order valence-electron chi connectivity index (χ3n) is 3.52. The lowest BCUT2D eigenvalue weighted by molar-refractivity contribution is 0.0945. The number of nitrogens with zero attached hydrogens (tertiary/aromatic N) is 4. The molecule has 1 amide bonds. The van der Waals surface area contributed by atoms with Crippen LogP contribution in [-0.2, 0) is 6.54 Å². The first-order valence-electron chi connectivity index (χ1n) is 7.09. The van der Waals surface area contributed by atoms with Gasteiger partial charge in [-0.05, 0) is 42.7 Å². The van der Waals surface area contributed by atoms with Crippen LogP contribution in [0.4, 0.5) is 5.82 Å². The molecule has 1 aliphatic rings. The van der Waals surface area contributed by atoms with E-state index in [1.165, 1.54) is 12.8 Å². The zero-order chi connectivity index (χ0) is 14.5. The Hall–Kier alpha value is -2.50. The molecular weight excluding hydrogens is 266 g/mol. The van der Waals surface area contributed by atoms with E-state index in [-0.39, 0.29) is 5.91 Å². The second-order valence-corrected chi connectivity index (χ2v) is 5.01. The van der Waals surface area contributed by atoms with Gasteiger partial charge in [0.15, 0.2) is 11.5 Å². The first-order valence-corrected chi connectivity index (χ1v) is 7.09. The van der Waals surface area contributed by atoms with E-state index in [0.717, 1.165) is 24.5 Å². The highest BCUT2D eigenvalue weighted by Gasteiger charge is 2.15. The summed E-state index contributed by atoms with van der Waals surface area (Å²) < 4.78 is 0. The van der Waals surface area contributed by atoms with Gasteiger partial charge in [0, 0.05) is 32.0 Å². The number of nitrogens with one attached hydrogen (secondary N) is 1. The normalized spacial score (nSPS) is 14.2. The van der Waals surface area contributed by atoms with Crippen molar-refractivity contribution < 1.29 is 4.79 Å². The minimum Gasteiger partial charge on any atom is -0.355 e. The number of pyridine rings is 1. The fourth-order valence-electron chi connectivity index (χ4n) is 2.33. The Labute approximate surface area is 123 Å². The molecule has 1 aliphatic heterocycles. The van der Waals surface area contributed by atoms with E-state index in [2.05, 4.69) is 25.4 Å². The molecule has 0 atom stereocenters. The summed E-state index contributed by atoms with van der Waals surface area (Å²) in [6, 6.07) is 7.31. The number of hydrogen-bond donors (Lipinski definition) is 1. The summed E-state index contributed by atoms with van der Waals surface area (Å²) in [6.45, 7) is 2.49. The van der Waals surface area contributed by atoms with Gasteiger partial charge in [-0.15, -0.1) is 10.2 Å². The Kier molecular flexibility index (Phi) is 4.04. The SMILES string of the molecule is O=C(NCc1ccncc1)c1ccc(N2CCCC2)nn1. The van der Waals surface area contributed by atoms with Gasteiger partial charge in [0.05, 0.1) is 0 Å². The lowest BCUT2D eigenvalue weighted by Gasteiger charge is -2.15. The number of aromatic nitrogens is 3. The summed E-state index contributed by atoms with van der Waals surface area (Å²) in [7, 11) is 0. The van der Waals surface area contributed by atoms with Crippen LogP contribution in [-0.4, -0.2) is 34.2 Å². The molecule has 1 N–H and O–H groups in total. The average Bonchev–Trinajstić information content (AvgIpc) is 3.08. The van der Waals surface area contributed by atoms with E-state index in [4.69, 9.17) is 0 Å². The Morgan fingerprint density at radius 3 is 2.52 bits per heavy atom. The van der Waals surface area contributed by atoms with Crippen molar-refractivity contribution in [2.45, 2.75) is 19.4 Å². The number of anilines is 1. The second kappa shape index (κ2) is 6.30. The highest BCUT2D eigenvalue weighted by Crippen LogP contribution is 2.16. The molecule has 3 rings (SSSR count). The smallest absolute Gasteiger partial charge is 0.272 e. The fraction of sp³-hybridized carbons (Fsp3) is 0.333. The molecule has 2 aromatic heterocycles. The van der Waals surface area contributed by atoms with Gasteiger partial charge in [-0.3, -0.25) is 9.78 Å². The fourth-order valence-corrected chi connectivity index (χ4v) is 2.33. The molecule has 0 aromatic carbocycles. The topological polar surface area (TPSA) is 71.0 Å². The minimum atomic E-state index is -0.215. The molecule has 0 bridgehead atoms. The van der Waals surface area contributed by atoms with Gasteiger partial charge in [-0.2, -0.15) is 0 Å². The van der Waals surface area contributed by atoms with Crippen molar-refractivity contribution in [3.63, 3.8) is 0 Å². The Morgan fingerprint density at radius 2 is 1.86 bits per heavy atom. The summed E-state index contributed by atoms with van der Waals surface area (Å²) in [6.07, 6.45) is 5.78. The van der Waals surface area contributed by atoms with Crippen LogP contribution in [0.1, 0.15) is 28.9 Å². The monoisotopic (exact) mass is 283 g/mol. The number of carbonyl (C=O) groups excluding carboxylic acids is 1. The van der Waals surface area contributed by atoms with Crippen LogP contribution in [0.3, 0.4) is 0 Å². The standard InChI is InChI=1S/C15H17N5O/c21-15(17-11-12-5-7-16-8-6-12)13-3-4-14(19-18-13)20-9-1-2-10-20/h3-8H,1-2,9-11H2,(H,17,21). The molecule has 6 nitrogen and oxygen atoms in total. The molecule has 0 aliphatic carbocycles. The van der Waals surface area contributed by atoms with Gasteiger partial charge >= 0.3 is 0 Å². The lowest BCUT2D eigenvalue weighted by atomic mass is 10.2. The van der Waals surface area contributed by atoms with Crippen molar-refractivity contribution in [2.24, 2.45) is 0 Å². The van der Waals surface area contributed by atoms with E-state index >= 15 is 0 Å². The van der Waals surface area contributed by atoms with Crippen molar-refractivity contribution >= 4 is 11.7 Å². The van der Waals surface area contributed by atoms with Crippen molar-refractivity contribution in [3.8, 4) is 0 Å². The van der Waals surface area contributed by atoms with Crippen molar-refractivity contribution in [1.82, 2.24) is 20.5 Å². The van der Waals surface area contributed by atoms with Gasteiger partial charge in [0.1, 0.15) is 0 Å². The molecule has 21 heavy (non-hydrogen) atoms. The molecule has 6 heteroatoms. The Balaban J connectivity index is 1.59. The predicted molar refractivity (Wildman–Crippen MR) is 78.9 cm³/mol. The summed E-state index contributed by atoms with van der Waals surface area (Å²) in [5, 5.41) is 11.0. The maximum absolute atomic E-state index is 12.0. The molecule has 1 saturated heterocycles. The van der Waals surface area contributed by atoms with Crippen molar-refractivity contribution in [3.05, 3.63) is 47.9 Å². The molecule has 0 unspecified atom stereocenters. The molecule has 108 valence electrons. The zero-order valence-electron chi connectivity index (χ0n) is 11.7. The molecule has 0 saturated carbocycles. The van der Waals surface area contributed by atoms with Crippen LogP contribution in [0.25, 0.3) is 0 Å². The first kappa shape index (κ1) is 13.5. The maximum atomic E-state index is 12.0. The van der Waals surface area contributed by atoms with Crippen LogP contribution in [0.2, 0.25) is 0 Å². The van der Waals surface area contributed by atoms with Gasteiger partial charge in [0.25, 0.3) is 5.91 Å². The number of amides is 1. The molecule has 2 aromatic rings. The summed E-state index contributed by atoms with van der Waals surface area (Å²) in [5.74, 6) is 0.630. The lowest BCUT2D eigenvalue weighted by Crippen LogP contribution is -2.25. The Bertz CT molecular complexity index is 593. The van der Waals surface area contributed by atoms with E-state index in [1.54, 1.807) is 18.5 Å². The van der Waals surface area contributed by atoms with Crippen LogP contribution in [0.5, 0.6) is 0 Å². The molecule has 1 fully saturated rings. The van der Waals surface area contributed by atoms with Crippen molar-refractivity contribution in [2.75, 3.05) is 18.0 Å². The van der Waals surface area contributed by atoms with Gasteiger partial charge < -0.3 is 10.2 Å². The van der Waals surface area contributed by atoms with E-state index in [9.17, 15) is 4.79 Å². The molecule has 0 spiro atoms. The summed E-state index contributed by atoms with van der Waals surface area (Å²) >= 11 is 0. The molecule has 0 radical (unpaired) electrons. The molecular formula is C15H17N5O. The van der Waals surface area contributed by atoms with E-state index in [1.807, 2.05) is 18.2 Å². The maximum Gasteiger partial charge on any atom is 0.272 e. The highest BCUT2D eigenvalue weighted by molar-refractivity contribution is 5.92. The highest BCUT2D eigenvalue weighted by atomic mass is 16.1. The van der Waals surface area contributed by atoms with Gasteiger partial charge in [-0.25, -0.2) is 0 Å². The second-order valence-electron chi connectivity index (χ2n) is 5.01. The van der Waals surface area contributed by atoms with Crippen LogP contribution < -0.4 is 10.2 Å². The van der Waals surface area contributed by atoms with Gasteiger partial charge in [-0.1, -0.05) is 0 Å². The Morgan fingerprint density at radius 1 is 1.10 bits per heavy atom. The first-order chi connectivity index (χ1) is 10.3. The van der Waals surface area contributed by atoms with E-state index < -0.39 is 0 Å². The predicted octanol–water partition coefficient (Wildman–Crippen LogP) is 1.40. The average molecular weight is 283 g/mol. The molecule has 3 heterocycles. The van der Waals surface area contributed by atoms with Gasteiger partial charge in [0.2, 0.25) is 0 Å². The largest absolute Gasteiger partial charge is 0.355 e. The number of rotatable bonds is 4. The zero-order valence-corrected chi connectivity index (χ0v) is 11.7. The number of carbonyl (C=O) groups is 1. The van der Waals surface area contributed by atoms with Crippen LogP contribution >= 0.6 is 0 Å². The minimum absolute atomic E-state index is 0.215. The summed E-state index contributed by atoms with van der Waals surface area (Å²) in [4.78, 5) is 18.1. The third-order valence-corrected chi connectivity index (χ3v) is 3.52.